The molecule has 0 aromatic rings. The van der Waals surface area contributed by atoms with Crippen LogP contribution in [0.4, 0.5) is 0 Å². The molecule has 4 nitrogen and oxygen atoms in total. The van der Waals surface area contributed by atoms with E-state index in [1.807, 2.05) is 0 Å². The Morgan fingerprint density at radius 2 is 1.87 bits per heavy atom. The summed E-state index contributed by atoms with van der Waals surface area (Å²) < 4.78 is 4.92. The molecule has 1 rings (SSSR count). The number of carboxylic acids is 1. The molecule has 4 heteroatoms. The average molecular weight is 211 g/mol. The first-order valence-corrected chi connectivity index (χ1v) is 5.24. The molecule has 0 N–H and O–H groups in total. The van der Waals surface area contributed by atoms with Crippen molar-refractivity contribution >= 4 is 11.9 Å². The molecule has 0 heterocycles. The second kappa shape index (κ2) is 6.22. The number of rotatable bonds is 4. The smallest absolute Gasteiger partial charge is 0.330 e. The van der Waals surface area contributed by atoms with E-state index in [1.54, 1.807) is 0 Å². The Bertz CT molecular complexity index is 251. The zero-order valence-electron chi connectivity index (χ0n) is 8.61. The minimum atomic E-state index is -1.38. The van der Waals surface area contributed by atoms with Gasteiger partial charge in [0, 0.05) is 6.08 Å². The lowest BCUT2D eigenvalue weighted by Crippen LogP contribution is -2.20. The normalized spacial score (nSPS) is 17.9. The van der Waals surface area contributed by atoms with Crippen LogP contribution < -0.4 is 5.11 Å². The van der Waals surface area contributed by atoms with E-state index in [1.165, 1.54) is 19.3 Å². The summed E-state index contributed by atoms with van der Waals surface area (Å²) in [5.74, 6) is -1.55. The third-order valence-corrected chi connectivity index (χ3v) is 2.54. The number of ether oxygens (including phenoxy) is 1. The van der Waals surface area contributed by atoms with E-state index in [0.29, 0.717) is 18.6 Å². The maximum absolute atomic E-state index is 11.0. The highest BCUT2D eigenvalue weighted by Gasteiger charge is 2.14. The SMILES string of the molecule is O=C([O-])/C=C\C(=O)OCC1CCCCC1. The zero-order chi connectivity index (χ0) is 11.1. The number of hydrogen-bond acceptors (Lipinski definition) is 4. The molecule has 0 aromatic carbocycles. The molecule has 0 unspecified atom stereocenters. The van der Waals surface area contributed by atoms with Gasteiger partial charge in [-0.3, -0.25) is 0 Å². The first kappa shape index (κ1) is 11.8. The monoisotopic (exact) mass is 211 g/mol. The van der Waals surface area contributed by atoms with Crippen LogP contribution in [0.3, 0.4) is 0 Å². The maximum atomic E-state index is 11.0. The van der Waals surface area contributed by atoms with E-state index in [4.69, 9.17) is 4.74 Å². The van der Waals surface area contributed by atoms with Crippen LogP contribution in [0.1, 0.15) is 32.1 Å². The van der Waals surface area contributed by atoms with Gasteiger partial charge in [-0.15, -0.1) is 0 Å². The van der Waals surface area contributed by atoms with E-state index in [0.717, 1.165) is 18.9 Å². The van der Waals surface area contributed by atoms with Crippen molar-refractivity contribution in [1.29, 1.82) is 0 Å². The Morgan fingerprint density at radius 1 is 1.20 bits per heavy atom. The van der Waals surface area contributed by atoms with Crippen LogP contribution in [-0.2, 0) is 14.3 Å². The third kappa shape index (κ3) is 5.20. The number of carboxylic acid groups (broad SMARTS) is 1. The molecule has 84 valence electrons. The molecule has 15 heavy (non-hydrogen) atoms. The largest absolute Gasteiger partial charge is 0.545 e. The quantitative estimate of drug-likeness (QED) is 0.499. The Balaban J connectivity index is 2.18. The molecule has 1 aliphatic rings. The first-order chi connectivity index (χ1) is 7.18. The minimum Gasteiger partial charge on any atom is -0.545 e. The predicted octanol–water partition coefficient (Wildman–Crippen LogP) is 0.416. The van der Waals surface area contributed by atoms with Crippen LogP contribution in [0.15, 0.2) is 12.2 Å². The lowest BCUT2D eigenvalue weighted by atomic mass is 9.90. The number of esters is 1. The molecule has 0 aliphatic heterocycles. The van der Waals surface area contributed by atoms with Gasteiger partial charge in [-0.1, -0.05) is 19.3 Å². The molecule has 0 bridgehead atoms. The average Bonchev–Trinajstić information content (AvgIpc) is 2.25. The van der Waals surface area contributed by atoms with Crippen LogP contribution in [-0.4, -0.2) is 18.5 Å². The van der Waals surface area contributed by atoms with E-state index in [9.17, 15) is 14.7 Å². The summed E-state index contributed by atoms with van der Waals surface area (Å²) in [6, 6.07) is 0. The van der Waals surface area contributed by atoms with Crippen molar-refractivity contribution < 1.29 is 19.4 Å². The Morgan fingerprint density at radius 3 is 2.47 bits per heavy atom. The van der Waals surface area contributed by atoms with Crippen molar-refractivity contribution in [2.75, 3.05) is 6.61 Å². The van der Waals surface area contributed by atoms with Crippen LogP contribution in [0.25, 0.3) is 0 Å². The van der Waals surface area contributed by atoms with Crippen LogP contribution in [0.5, 0.6) is 0 Å². The van der Waals surface area contributed by atoms with E-state index >= 15 is 0 Å². The molecule has 0 amide bonds. The summed E-state index contributed by atoms with van der Waals surface area (Å²) in [7, 11) is 0. The van der Waals surface area contributed by atoms with Crippen molar-refractivity contribution in [2.24, 2.45) is 5.92 Å². The Labute approximate surface area is 88.9 Å². The molecule has 0 radical (unpaired) electrons. The lowest BCUT2D eigenvalue weighted by Gasteiger charge is -2.20. The van der Waals surface area contributed by atoms with Gasteiger partial charge < -0.3 is 14.6 Å². The van der Waals surface area contributed by atoms with Crippen LogP contribution in [0, 0.1) is 5.92 Å². The fourth-order valence-corrected chi connectivity index (χ4v) is 1.74. The van der Waals surface area contributed by atoms with Gasteiger partial charge in [-0.2, -0.15) is 0 Å². The van der Waals surface area contributed by atoms with Crippen molar-refractivity contribution in [1.82, 2.24) is 0 Å². The number of carbonyl (C=O) groups is 2. The molecule has 0 spiro atoms. The molecular weight excluding hydrogens is 196 g/mol. The van der Waals surface area contributed by atoms with Gasteiger partial charge in [0.1, 0.15) is 0 Å². The van der Waals surface area contributed by atoms with Gasteiger partial charge in [-0.05, 0) is 24.8 Å². The molecular formula is C11H15O4-. The van der Waals surface area contributed by atoms with Crippen molar-refractivity contribution in [2.45, 2.75) is 32.1 Å². The summed E-state index contributed by atoms with van der Waals surface area (Å²) in [4.78, 5) is 21.0. The molecule has 1 saturated carbocycles. The summed E-state index contributed by atoms with van der Waals surface area (Å²) in [5, 5.41) is 10.0. The highest BCUT2D eigenvalue weighted by atomic mass is 16.5. The highest BCUT2D eigenvalue weighted by Crippen LogP contribution is 2.23. The predicted molar refractivity (Wildman–Crippen MR) is 51.7 cm³/mol. The summed E-state index contributed by atoms with van der Waals surface area (Å²) in [5.41, 5.74) is 0. The molecule has 1 fully saturated rings. The fourth-order valence-electron chi connectivity index (χ4n) is 1.74. The third-order valence-electron chi connectivity index (χ3n) is 2.54. The van der Waals surface area contributed by atoms with Gasteiger partial charge in [0.05, 0.1) is 12.6 Å². The Kier molecular flexibility index (Phi) is 4.87. The van der Waals surface area contributed by atoms with E-state index in [2.05, 4.69) is 0 Å². The molecule has 0 aromatic heterocycles. The molecule has 1 aliphatic carbocycles. The van der Waals surface area contributed by atoms with Crippen molar-refractivity contribution in [3.05, 3.63) is 12.2 Å². The van der Waals surface area contributed by atoms with Gasteiger partial charge in [0.15, 0.2) is 0 Å². The number of aliphatic carboxylic acids is 1. The van der Waals surface area contributed by atoms with Gasteiger partial charge in [0.2, 0.25) is 0 Å². The van der Waals surface area contributed by atoms with Gasteiger partial charge >= 0.3 is 5.97 Å². The second-order valence-electron chi connectivity index (χ2n) is 3.79. The van der Waals surface area contributed by atoms with Crippen molar-refractivity contribution in [3.8, 4) is 0 Å². The van der Waals surface area contributed by atoms with Gasteiger partial charge in [0.25, 0.3) is 0 Å². The maximum Gasteiger partial charge on any atom is 0.330 e. The van der Waals surface area contributed by atoms with E-state index < -0.39 is 11.9 Å². The van der Waals surface area contributed by atoms with Gasteiger partial charge in [-0.25, -0.2) is 4.79 Å². The second-order valence-corrected chi connectivity index (χ2v) is 3.79. The number of hydrogen-bond donors (Lipinski definition) is 0. The first-order valence-electron chi connectivity index (χ1n) is 5.24. The fraction of sp³-hybridized carbons (Fsp3) is 0.636. The molecule has 0 atom stereocenters. The molecule has 0 saturated heterocycles. The van der Waals surface area contributed by atoms with Crippen LogP contribution >= 0.6 is 0 Å². The van der Waals surface area contributed by atoms with Crippen molar-refractivity contribution in [3.63, 3.8) is 0 Å². The summed E-state index contributed by atoms with van der Waals surface area (Å²) >= 11 is 0. The van der Waals surface area contributed by atoms with Crippen LogP contribution in [0.2, 0.25) is 0 Å². The summed E-state index contributed by atoms with van der Waals surface area (Å²) in [6.45, 7) is 0.399. The lowest BCUT2D eigenvalue weighted by molar-refractivity contribution is -0.297. The topological polar surface area (TPSA) is 66.4 Å². The minimum absolute atomic E-state index is 0.399. The zero-order valence-corrected chi connectivity index (χ0v) is 8.61. The standard InChI is InChI=1S/C11H16O4/c12-10(13)6-7-11(14)15-8-9-4-2-1-3-5-9/h6-7,9H,1-5,8H2,(H,12,13)/p-1/b7-6-. The highest BCUT2D eigenvalue weighted by molar-refractivity contribution is 5.89. The van der Waals surface area contributed by atoms with E-state index in [-0.39, 0.29) is 0 Å². The summed E-state index contributed by atoms with van der Waals surface area (Å²) in [6.07, 6.45) is 7.40. The Hall–Kier alpha value is -1.32. The number of carbonyl (C=O) groups excluding carboxylic acids is 2.